The van der Waals surface area contributed by atoms with Gasteiger partial charge in [-0.2, -0.15) is 10.2 Å². The van der Waals surface area contributed by atoms with E-state index in [0.29, 0.717) is 29.2 Å². The van der Waals surface area contributed by atoms with Gasteiger partial charge in [-0.1, -0.05) is 0 Å². The average molecular weight is 495 g/mol. The van der Waals surface area contributed by atoms with Crippen molar-refractivity contribution >= 4 is 39.5 Å². The highest BCUT2D eigenvalue weighted by Crippen LogP contribution is 2.30. The van der Waals surface area contributed by atoms with Crippen molar-refractivity contribution in [3.8, 4) is 10.4 Å². The van der Waals surface area contributed by atoms with Gasteiger partial charge in [-0.15, -0.1) is 11.3 Å². The van der Waals surface area contributed by atoms with Gasteiger partial charge in [0.05, 0.1) is 46.1 Å². The van der Waals surface area contributed by atoms with E-state index >= 15 is 0 Å². The van der Waals surface area contributed by atoms with Crippen LogP contribution < -0.4 is 10.6 Å². The summed E-state index contributed by atoms with van der Waals surface area (Å²) in [6.07, 6.45) is 10.2. The molecule has 0 unspecified atom stereocenters. The number of hydrogen-bond donors (Lipinski definition) is 2. The highest BCUT2D eigenvalue weighted by atomic mass is 32.1. The van der Waals surface area contributed by atoms with Crippen LogP contribution in [0.25, 0.3) is 15.3 Å². The number of carbonyl (C=O) groups excluding carboxylic acids is 2. The molecule has 5 rings (SSSR count). The number of likely N-dealkylation sites (tertiary alicyclic amines) is 1. The lowest BCUT2D eigenvalue weighted by molar-refractivity contribution is 0.102. The molecule has 5 heterocycles. The van der Waals surface area contributed by atoms with Crippen molar-refractivity contribution in [2.24, 2.45) is 7.05 Å². The maximum atomic E-state index is 13.1. The number of amides is 2. The standard InChI is InChI=1S/C23H26N8O3S/c1-14-19(7-16(9-24-14)27-23(33)34-13-17-5-4-6-29(17)2)28-21(32)18-10-26-31-12-20(35-22(18)31)15-8-25-30(3)11-15/h7-12,17H,4-6,13H2,1-3H3,(H,27,33)(H,28,32)/t17-/m1/s1. The molecule has 0 aliphatic carbocycles. The van der Waals surface area contributed by atoms with Gasteiger partial charge in [0.2, 0.25) is 0 Å². The molecule has 11 nitrogen and oxygen atoms in total. The van der Waals surface area contributed by atoms with Crippen LogP contribution in [0.3, 0.4) is 0 Å². The molecule has 1 fully saturated rings. The molecule has 0 bridgehead atoms. The van der Waals surface area contributed by atoms with Crippen LogP contribution in [-0.2, 0) is 11.8 Å². The smallest absolute Gasteiger partial charge is 0.411 e. The number of likely N-dealkylation sites (N-methyl/N-ethyl adjacent to an activating group) is 1. The molecule has 0 aromatic carbocycles. The van der Waals surface area contributed by atoms with E-state index in [0.717, 1.165) is 34.7 Å². The first-order valence-corrected chi connectivity index (χ1v) is 12.1. The minimum atomic E-state index is -0.548. The van der Waals surface area contributed by atoms with Gasteiger partial charge < -0.3 is 15.0 Å². The van der Waals surface area contributed by atoms with Crippen LogP contribution >= 0.6 is 11.3 Å². The molecule has 1 aliphatic rings. The number of fused-ring (bicyclic) bond motifs is 1. The summed E-state index contributed by atoms with van der Waals surface area (Å²) >= 11 is 1.46. The molecule has 1 atom stereocenters. The number of pyridine rings is 1. The number of ether oxygens (including phenoxy) is 1. The lowest BCUT2D eigenvalue weighted by atomic mass is 10.2. The SMILES string of the molecule is Cc1ncc(NC(=O)OC[C@H]2CCCN2C)cc1NC(=O)c1cnn2cc(-c3cnn(C)c3)sc12. The maximum Gasteiger partial charge on any atom is 0.411 e. The number of nitrogens with zero attached hydrogens (tertiary/aromatic N) is 6. The lowest BCUT2D eigenvalue weighted by Gasteiger charge is -2.19. The normalized spacial score (nSPS) is 16.0. The molecule has 35 heavy (non-hydrogen) atoms. The molecule has 12 heteroatoms. The zero-order valence-corrected chi connectivity index (χ0v) is 20.5. The van der Waals surface area contributed by atoms with Crippen molar-refractivity contribution in [2.45, 2.75) is 25.8 Å². The summed E-state index contributed by atoms with van der Waals surface area (Å²) in [6, 6.07) is 1.91. The molecular formula is C23H26N8O3S. The third kappa shape index (κ3) is 4.88. The quantitative estimate of drug-likeness (QED) is 0.422. The van der Waals surface area contributed by atoms with Crippen LogP contribution in [0.1, 0.15) is 28.9 Å². The van der Waals surface area contributed by atoms with E-state index in [1.54, 1.807) is 28.4 Å². The van der Waals surface area contributed by atoms with E-state index in [2.05, 4.69) is 30.7 Å². The van der Waals surface area contributed by atoms with Gasteiger partial charge in [0.15, 0.2) is 0 Å². The number of thiazole rings is 1. The van der Waals surface area contributed by atoms with Crippen LogP contribution in [0.15, 0.2) is 37.1 Å². The largest absolute Gasteiger partial charge is 0.448 e. The Labute approximate surface area is 205 Å². The predicted molar refractivity (Wildman–Crippen MR) is 133 cm³/mol. The molecule has 2 N–H and O–H groups in total. The molecule has 4 aromatic heterocycles. The van der Waals surface area contributed by atoms with Crippen LogP contribution in [0, 0.1) is 6.92 Å². The summed E-state index contributed by atoms with van der Waals surface area (Å²) in [7, 11) is 3.89. The molecule has 2 amide bonds. The van der Waals surface area contributed by atoms with Crippen LogP contribution in [0.2, 0.25) is 0 Å². The number of rotatable bonds is 6. The first-order valence-electron chi connectivity index (χ1n) is 11.3. The molecule has 0 spiro atoms. The Morgan fingerprint density at radius 2 is 2.03 bits per heavy atom. The van der Waals surface area contributed by atoms with E-state index in [4.69, 9.17) is 4.74 Å². The molecule has 182 valence electrons. The van der Waals surface area contributed by atoms with Crippen molar-refractivity contribution in [2.75, 3.05) is 30.8 Å². The molecule has 4 aromatic rings. The number of hydrogen-bond acceptors (Lipinski definition) is 8. The van der Waals surface area contributed by atoms with Crippen LogP contribution in [0.5, 0.6) is 0 Å². The Bertz CT molecular complexity index is 1390. The lowest BCUT2D eigenvalue weighted by Crippen LogP contribution is -2.31. The average Bonchev–Trinajstić information content (AvgIpc) is 3.59. The monoisotopic (exact) mass is 494 g/mol. The van der Waals surface area contributed by atoms with Crippen LogP contribution in [-0.4, -0.2) is 67.5 Å². The first kappa shape index (κ1) is 23.0. The summed E-state index contributed by atoms with van der Waals surface area (Å²) in [5, 5.41) is 14.1. The summed E-state index contributed by atoms with van der Waals surface area (Å²) < 4.78 is 8.79. The Hall–Kier alpha value is -3.77. The maximum absolute atomic E-state index is 13.1. The van der Waals surface area contributed by atoms with Crippen molar-refractivity contribution in [3.63, 3.8) is 0 Å². The fourth-order valence-corrected chi connectivity index (χ4v) is 5.09. The predicted octanol–water partition coefficient (Wildman–Crippen LogP) is 3.39. The fourth-order valence-electron chi connectivity index (χ4n) is 4.06. The topological polar surface area (TPSA) is 119 Å². The zero-order chi connectivity index (χ0) is 24.5. The van der Waals surface area contributed by atoms with E-state index < -0.39 is 6.09 Å². The Morgan fingerprint density at radius 3 is 2.77 bits per heavy atom. The van der Waals surface area contributed by atoms with Gasteiger partial charge in [-0.3, -0.25) is 19.8 Å². The summed E-state index contributed by atoms with van der Waals surface area (Å²) in [4.78, 5) is 33.5. The number of aryl methyl sites for hydroxylation is 2. The summed E-state index contributed by atoms with van der Waals surface area (Å²) in [6.45, 7) is 3.14. The van der Waals surface area contributed by atoms with E-state index in [9.17, 15) is 9.59 Å². The fraction of sp³-hybridized carbons (Fsp3) is 0.348. The third-order valence-corrected chi connectivity index (χ3v) is 7.25. The highest BCUT2D eigenvalue weighted by Gasteiger charge is 2.22. The second-order valence-electron chi connectivity index (χ2n) is 8.62. The van der Waals surface area contributed by atoms with Gasteiger partial charge in [0.1, 0.15) is 11.4 Å². The molecular weight excluding hydrogens is 468 g/mol. The van der Waals surface area contributed by atoms with E-state index in [1.165, 1.54) is 23.7 Å². The van der Waals surface area contributed by atoms with E-state index in [1.807, 2.05) is 26.5 Å². The van der Waals surface area contributed by atoms with Gasteiger partial charge in [-0.05, 0) is 39.4 Å². The van der Waals surface area contributed by atoms with Crippen LogP contribution in [0.4, 0.5) is 16.2 Å². The van der Waals surface area contributed by atoms with Gasteiger partial charge in [0.25, 0.3) is 5.91 Å². The Kier molecular flexibility index (Phi) is 6.22. The molecule has 1 aliphatic heterocycles. The highest BCUT2D eigenvalue weighted by molar-refractivity contribution is 7.21. The molecule has 0 saturated carbocycles. The number of aromatic nitrogens is 5. The molecule has 0 radical (unpaired) electrons. The van der Waals surface area contributed by atoms with Gasteiger partial charge in [0, 0.05) is 31.0 Å². The second-order valence-corrected chi connectivity index (χ2v) is 9.65. The zero-order valence-electron chi connectivity index (χ0n) is 19.7. The van der Waals surface area contributed by atoms with Crippen molar-refractivity contribution in [3.05, 3.63) is 48.3 Å². The minimum Gasteiger partial charge on any atom is -0.448 e. The number of nitrogens with one attached hydrogen (secondary N) is 2. The van der Waals surface area contributed by atoms with Crippen molar-refractivity contribution in [1.82, 2.24) is 29.3 Å². The third-order valence-electron chi connectivity index (χ3n) is 6.09. The minimum absolute atomic E-state index is 0.246. The second kappa shape index (κ2) is 9.47. The number of carbonyl (C=O) groups is 2. The van der Waals surface area contributed by atoms with Crippen molar-refractivity contribution in [1.29, 1.82) is 0 Å². The van der Waals surface area contributed by atoms with Gasteiger partial charge >= 0.3 is 6.09 Å². The number of anilines is 2. The summed E-state index contributed by atoms with van der Waals surface area (Å²) in [5.41, 5.74) is 2.95. The first-order chi connectivity index (χ1) is 16.9. The summed E-state index contributed by atoms with van der Waals surface area (Å²) in [5.74, 6) is -0.312. The molecule has 1 saturated heterocycles. The Balaban J connectivity index is 1.27. The Morgan fingerprint density at radius 1 is 1.17 bits per heavy atom. The van der Waals surface area contributed by atoms with Crippen molar-refractivity contribution < 1.29 is 14.3 Å². The van der Waals surface area contributed by atoms with E-state index in [-0.39, 0.29) is 11.9 Å². The van der Waals surface area contributed by atoms with Gasteiger partial charge in [-0.25, -0.2) is 9.31 Å².